The maximum absolute atomic E-state index is 12.2. The number of thiazole rings is 1. The Morgan fingerprint density at radius 2 is 1.80 bits per heavy atom. The van der Waals surface area contributed by atoms with Crippen molar-refractivity contribution >= 4 is 27.3 Å². The van der Waals surface area contributed by atoms with Crippen molar-refractivity contribution in [3.63, 3.8) is 0 Å². The number of carbonyl (C=O) groups excluding carboxylic acids is 1. The molecule has 0 aliphatic heterocycles. The Labute approximate surface area is 180 Å². The number of sulfonamides is 1. The van der Waals surface area contributed by atoms with Crippen LogP contribution in [0.5, 0.6) is 5.75 Å². The number of benzene rings is 2. The summed E-state index contributed by atoms with van der Waals surface area (Å²) in [7, 11) is -2.12. The highest BCUT2D eigenvalue weighted by molar-refractivity contribution is 7.89. The molecule has 9 heteroatoms. The molecule has 0 aliphatic rings. The van der Waals surface area contributed by atoms with Crippen LogP contribution in [0.1, 0.15) is 16.3 Å². The second kappa shape index (κ2) is 10.3. The van der Waals surface area contributed by atoms with Crippen LogP contribution in [0, 0.1) is 0 Å². The molecule has 1 aromatic heterocycles. The van der Waals surface area contributed by atoms with Crippen molar-refractivity contribution in [3.05, 3.63) is 76.2 Å². The maximum atomic E-state index is 12.2. The van der Waals surface area contributed by atoms with E-state index in [2.05, 4.69) is 15.0 Å². The summed E-state index contributed by atoms with van der Waals surface area (Å²) in [5.41, 5.74) is 1.88. The van der Waals surface area contributed by atoms with Gasteiger partial charge in [-0.1, -0.05) is 30.3 Å². The molecular weight excluding hydrogens is 422 g/mol. The Balaban J connectivity index is 1.41. The fourth-order valence-corrected chi connectivity index (χ4v) is 4.59. The quantitative estimate of drug-likeness (QED) is 0.467. The van der Waals surface area contributed by atoms with E-state index in [1.165, 1.54) is 36.1 Å². The van der Waals surface area contributed by atoms with E-state index in [1.54, 1.807) is 12.1 Å². The predicted molar refractivity (Wildman–Crippen MR) is 116 cm³/mol. The standard InChI is InChI=1S/C21H23N3O4S2/c1-28-18-7-9-19(10-8-18)30(26,27)23-12-11-22-20(25)14-17-15-29-21(24-17)13-16-5-3-2-4-6-16/h2-10,15,23H,11-14H2,1H3,(H,22,25). The first-order valence-electron chi connectivity index (χ1n) is 9.34. The number of rotatable bonds is 10. The molecule has 0 spiro atoms. The number of amides is 1. The van der Waals surface area contributed by atoms with Gasteiger partial charge in [0.25, 0.3) is 0 Å². The summed E-state index contributed by atoms with van der Waals surface area (Å²) < 4.78 is 32.0. The molecule has 0 bridgehead atoms. The summed E-state index contributed by atoms with van der Waals surface area (Å²) in [6, 6.07) is 16.1. The van der Waals surface area contributed by atoms with Crippen LogP contribution in [-0.2, 0) is 27.7 Å². The summed E-state index contributed by atoms with van der Waals surface area (Å²) in [5, 5.41) is 5.55. The van der Waals surface area contributed by atoms with Crippen molar-refractivity contribution in [3.8, 4) is 5.75 Å². The van der Waals surface area contributed by atoms with Crippen LogP contribution in [0.3, 0.4) is 0 Å². The van der Waals surface area contributed by atoms with E-state index in [0.717, 1.165) is 11.4 Å². The monoisotopic (exact) mass is 445 g/mol. The fourth-order valence-electron chi connectivity index (χ4n) is 2.73. The number of hydrogen-bond donors (Lipinski definition) is 2. The minimum atomic E-state index is -3.64. The molecule has 3 aromatic rings. The molecule has 1 amide bonds. The summed E-state index contributed by atoms with van der Waals surface area (Å²) in [6.07, 6.45) is 0.900. The van der Waals surface area contributed by atoms with Crippen LogP contribution in [0.15, 0.2) is 64.9 Å². The predicted octanol–water partition coefficient (Wildman–Crippen LogP) is 2.38. The Morgan fingerprint density at radius 1 is 1.07 bits per heavy atom. The van der Waals surface area contributed by atoms with Gasteiger partial charge >= 0.3 is 0 Å². The molecule has 0 unspecified atom stereocenters. The molecular formula is C21H23N3O4S2. The summed E-state index contributed by atoms with van der Waals surface area (Å²) in [4.78, 5) is 16.8. The van der Waals surface area contributed by atoms with Crippen LogP contribution in [0.4, 0.5) is 0 Å². The highest BCUT2D eigenvalue weighted by atomic mass is 32.2. The van der Waals surface area contributed by atoms with E-state index in [-0.39, 0.29) is 30.3 Å². The van der Waals surface area contributed by atoms with Crippen LogP contribution in [0.25, 0.3) is 0 Å². The number of nitrogens with one attached hydrogen (secondary N) is 2. The number of aromatic nitrogens is 1. The van der Waals surface area contributed by atoms with Crippen molar-refractivity contribution in [2.75, 3.05) is 20.2 Å². The van der Waals surface area contributed by atoms with E-state index in [0.29, 0.717) is 11.4 Å². The molecule has 30 heavy (non-hydrogen) atoms. The van der Waals surface area contributed by atoms with Crippen molar-refractivity contribution in [1.29, 1.82) is 0 Å². The largest absolute Gasteiger partial charge is 0.497 e. The first-order chi connectivity index (χ1) is 14.5. The second-order valence-electron chi connectivity index (χ2n) is 6.49. The lowest BCUT2D eigenvalue weighted by Crippen LogP contribution is -2.35. The van der Waals surface area contributed by atoms with E-state index < -0.39 is 10.0 Å². The highest BCUT2D eigenvalue weighted by Gasteiger charge is 2.14. The SMILES string of the molecule is COc1ccc(S(=O)(=O)NCCNC(=O)Cc2csc(Cc3ccccc3)n2)cc1. The molecule has 0 radical (unpaired) electrons. The summed E-state index contributed by atoms with van der Waals surface area (Å²) in [6.45, 7) is 0.283. The molecule has 0 fully saturated rings. The van der Waals surface area contributed by atoms with Gasteiger partial charge in [-0.15, -0.1) is 11.3 Å². The zero-order valence-corrected chi connectivity index (χ0v) is 18.1. The maximum Gasteiger partial charge on any atom is 0.240 e. The Hall–Kier alpha value is -2.75. The number of carbonyl (C=O) groups is 1. The van der Waals surface area contributed by atoms with E-state index >= 15 is 0 Å². The highest BCUT2D eigenvalue weighted by Crippen LogP contribution is 2.16. The molecule has 0 saturated heterocycles. The first kappa shape index (κ1) is 21.9. The third-order valence-electron chi connectivity index (χ3n) is 4.25. The van der Waals surface area contributed by atoms with Crippen molar-refractivity contribution in [2.24, 2.45) is 0 Å². The van der Waals surface area contributed by atoms with Crippen LogP contribution >= 0.6 is 11.3 Å². The average Bonchev–Trinajstić information content (AvgIpc) is 3.18. The lowest BCUT2D eigenvalue weighted by molar-refractivity contribution is -0.120. The lowest BCUT2D eigenvalue weighted by atomic mass is 10.2. The van der Waals surface area contributed by atoms with Gasteiger partial charge in [0.15, 0.2) is 0 Å². The lowest BCUT2D eigenvalue weighted by Gasteiger charge is -2.08. The topological polar surface area (TPSA) is 97.4 Å². The number of hydrogen-bond acceptors (Lipinski definition) is 6. The van der Waals surface area contributed by atoms with Crippen molar-refractivity contribution in [2.45, 2.75) is 17.7 Å². The fraction of sp³-hybridized carbons (Fsp3) is 0.238. The van der Waals surface area contributed by atoms with E-state index in [9.17, 15) is 13.2 Å². The van der Waals surface area contributed by atoms with Crippen LogP contribution in [-0.4, -0.2) is 39.5 Å². The third-order valence-corrected chi connectivity index (χ3v) is 6.62. The third kappa shape index (κ3) is 6.38. The minimum Gasteiger partial charge on any atom is -0.497 e. The Bertz CT molecular complexity index is 1070. The summed E-state index contributed by atoms with van der Waals surface area (Å²) in [5.74, 6) is 0.380. The van der Waals surface area contributed by atoms with Gasteiger partial charge in [-0.25, -0.2) is 18.1 Å². The molecule has 1 heterocycles. The number of nitrogens with zero attached hydrogens (tertiary/aromatic N) is 1. The van der Waals surface area contributed by atoms with Gasteiger partial charge in [0.1, 0.15) is 5.75 Å². The van der Waals surface area contributed by atoms with Crippen LogP contribution in [0.2, 0.25) is 0 Å². The van der Waals surface area contributed by atoms with Gasteiger partial charge in [0, 0.05) is 24.9 Å². The minimum absolute atomic E-state index is 0.0937. The molecule has 158 valence electrons. The van der Waals surface area contributed by atoms with Gasteiger partial charge < -0.3 is 10.1 Å². The number of ether oxygens (including phenoxy) is 1. The Kier molecular flexibility index (Phi) is 7.56. The molecule has 3 rings (SSSR count). The molecule has 0 aliphatic carbocycles. The normalized spacial score (nSPS) is 11.2. The zero-order valence-electron chi connectivity index (χ0n) is 16.5. The molecule has 0 saturated carbocycles. The molecule has 2 aromatic carbocycles. The average molecular weight is 446 g/mol. The molecule has 7 nitrogen and oxygen atoms in total. The smallest absolute Gasteiger partial charge is 0.240 e. The zero-order chi connectivity index (χ0) is 21.4. The first-order valence-corrected chi connectivity index (χ1v) is 11.7. The van der Waals surface area contributed by atoms with Gasteiger partial charge in [0.2, 0.25) is 15.9 Å². The van der Waals surface area contributed by atoms with Gasteiger partial charge in [-0.05, 0) is 29.8 Å². The van der Waals surface area contributed by atoms with Gasteiger partial charge in [-0.3, -0.25) is 4.79 Å². The van der Waals surface area contributed by atoms with E-state index in [1.807, 2.05) is 35.7 Å². The van der Waals surface area contributed by atoms with Gasteiger partial charge in [0.05, 0.1) is 29.1 Å². The van der Waals surface area contributed by atoms with E-state index in [4.69, 9.17) is 4.74 Å². The Morgan fingerprint density at radius 3 is 2.50 bits per heavy atom. The second-order valence-corrected chi connectivity index (χ2v) is 9.20. The van der Waals surface area contributed by atoms with Crippen molar-refractivity contribution in [1.82, 2.24) is 15.0 Å². The molecule has 0 atom stereocenters. The number of methoxy groups -OCH3 is 1. The van der Waals surface area contributed by atoms with Gasteiger partial charge in [-0.2, -0.15) is 0 Å². The van der Waals surface area contributed by atoms with Crippen molar-refractivity contribution < 1.29 is 17.9 Å². The van der Waals surface area contributed by atoms with Crippen LogP contribution < -0.4 is 14.8 Å². The summed E-state index contributed by atoms with van der Waals surface area (Å²) >= 11 is 1.53. The molecule has 2 N–H and O–H groups in total.